The minimum atomic E-state index is -0.312. The third kappa shape index (κ3) is 6.32. The van der Waals surface area contributed by atoms with Crippen LogP contribution in [0.2, 0.25) is 0 Å². The lowest BCUT2D eigenvalue weighted by atomic mass is 10.0. The van der Waals surface area contributed by atoms with Gasteiger partial charge in [0.1, 0.15) is 5.82 Å². The Labute approximate surface area is 124 Å². The number of nitrogens with two attached hydrogens (primary N) is 2. The Hall–Kier alpha value is -0.660. The minimum absolute atomic E-state index is 0. The van der Waals surface area contributed by atoms with Crippen LogP contribution in [0.4, 0.5) is 4.39 Å². The van der Waals surface area contributed by atoms with Gasteiger partial charge in [0, 0.05) is 23.5 Å². The molecule has 0 heterocycles. The van der Waals surface area contributed by atoms with Gasteiger partial charge in [-0.2, -0.15) is 0 Å². The molecule has 0 saturated heterocycles. The number of hydrogen-bond acceptors (Lipinski definition) is 2. The van der Waals surface area contributed by atoms with Crippen molar-refractivity contribution in [2.45, 2.75) is 6.42 Å². The molecule has 7 heteroatoms. The largest absolute Gasteiger partial charge is 0.396 e. The summed E-state index contributed by atoms with van der Waals surface area (Å²) in [5.74, 6) is -0.442. The maximum absolute atomic E-state index is 13.1. The highest BCUT2D eigenvalue weighted by Gasteiger charge is 2.09. The molecule has 0 saturated carbocycles. The molecule has 0 aromatic heterocycles. The number of guanidine groups is 1. The molecule has 0 spiro atoms. The van der Waals surface area contributed by atoms with Gasteiger partial charge in [0.2, 0.25) is 0 Å². The van der Waals surface area contributed by atoms with Crippen molar-refractivity contribution >= 4 is 38.9 Å². The highest BCUT2D eigenvalue weighted by molar-refractivity contribution is 9.10. The van der Waals surface area contributed by atoms with Gasteiger partial charge in [-0.15, -0.1) is 17.0 Å². The third-order valence-corrected chi connectivity index (χ3v) is 2.69. The average Bonchev–Trinajstić information content (AvgIpc) is 2.22. The number of nitrogens with zero attached hydrogens (tertiary/aromatic N) is 1. The van der Waals surface area contributed by atoms with E-state index in [9.17, 15) is 9.50 Å². The van der Waals surface area contributed by atoms with E-state index < -0.39 is 0 Å². The predicted molar refractivity (Wildman–Crippen MR) is 79.4 cm³/mol. The van der Waals surface area contributed by atoms with Crippen molar-refractivity contribution in [1.29, 1.82) is 0 Å². The summed E-state index contributed by atoms with van der Waals surface area (Å²) in [4.78, 5) is 3.84. The average molecular weight is 385 g/mol. The first kappa shape index (κ1) is 17.3. The summed E-state index contributed by atoms with van der Waals surface area (Å²) in [6, 6.07) is 4.62. The number of hydrogen-bond donors (Lipinski definition) is 3. The van der Waals surface area contributed by atoms with Gasteiger partial charge >= 0.3 is 0 Å². The summed E-state index contributed by atoms with van der Waals surface area (Å²) in [6.07, 6.45) is 0.518. The van der Waals surface area contributed by atoms with Crippen LogP contribution >= 0.6 is 32.9 Å². The molecule has 1 aromatic carbocycles. The monoisotopic (exact) mass is 383 g/mol. The molecular formula is C11H16Br2FN3O. The molecule has 102 valence electrons. The molecule has 0 bridgehead atoms. The zero-order valence-electron chi connectivity index (χ0n) is 9.64. The van der Waals surface area contributed by atoms with Gasteiger partial charge in [0.15, 0.2) is 5.96 Å². The van der Waals surface area contributed by atoms with E-state index in [0.29, 0.717) is 17.4 Å². The third-order valence-electron chi connectivity index (χ3n) is 2.24. The molecule has 0 aliphatic heterocycles. The van der Waals surface area contributed by atoms with Crippen LogP contribution in [0, 0.1) is 11.7 Å². The molecule has 18 heavy (non-hydrogen) atoms. The Kier molecular flexibility index (Phi) is 8.13. The van der Waals surface area contributed by atoms with E-state index in [1.54, 1.807) is 6.07 Å². The number of benzene rings is 1. The lowest BCUT2D eigenvalue weighted by molar-refractivity contribution is 0.230. The molecule has 0 aliphatic rings. The molecule has 5 N–H and O–H groups in total. The molecule has 4 nitrogen and oxygen atoms in total. The van der Waals surface area contributed by atoms with Crippen LogP contribution in [0.1, 0.15) is 5.56 Å². The van der Waals surface area contributed by atoms with Crippen LogP contribution in [0.15, 0.2) is 27.7 Å². The van der Waals surface area contributed by atoms with Crippen LogP contribution < -0.4 is 11.5 Å². The van der Waals surface area contributed by atoms with E-state index >= 15 is 0 Å². The number of halogens is 3. The van der Waals surface area contributed by atoms with Gasteiger partial charge in [0.05, 0.1) is 0 Å². The standard InChI is InChI=1S/C11H15BrFN3O.BrH/c12-9-2-7(3-10(13)4-9)1-8(6-17)5-16-11(14)15;/h2-4,8,17H,1,5-6H2,(H4,14,15,16);1H. The summed E-state index contributed by atoms with van der Waals surface area (Å²) in [5, 5.41) is 9.18. The minimum Gasteiger partial charge on any atom is -0.396 e. The summed E-state index contributed by atoms with van der Waals surface area (Å²) in [7, 11) is 0. The van der Waals surface area contributed by atoms with Gasteiger partial charge in [-0.1, -0.05) is 15.9 Å². The van der Waals surface area contributed by atoms with Crippen molar-refractivity contribution in [1.82, 2.24) is 0 Å². The van der Waals surface area contributed by atoms with E-state index in [-0.39, 0.29) is 41.3 Å². The van der Waals surface area contributed by atoms with Crippen LogP contribution in [0.5, 0.6) is 0 Å². The maximum atomic E-state index is 13.1. The second kappa shape index (κ2) is 8.44. The molecule has 1 aromatic rings. The fourth-order valence-corrected chi connectivity index (χ4v) is 2.00. The highest BCUT2D eigenvalue weighted by Crippen LogP contribution is 2.17. The normalized spacial score (nSPS) is 11.5. The van der Waals surface area contributed by atoms with Crippen LogP contribution in [0.3, 0.4) is 0 Å². The molecule has 1 atom stereocenters. The first-order valence-corrected chi connectivity index (χ1v) is 5.91. The van der Waals surface area contributed by atoms with Crippen molar-refractivity contribution < 1.29 is 9.50 Å². The Balaban J connectivity index is 0.00000289. The Morgan fingerprint density at radius 2 is 2.06 bits per heavy atom. The zero-order valence-corrected chi connectivity index (χ0v) is 12.9. The smallest absolute Gasteiger partial charge is 0.185 e. The number of aliphatic imine (C=N–C) groups is 1. The fourth-order valence-electron chi connectivity index (χ4n) is 1.48. The summed E-state index contributed by atoms with van der Waals surface area (Å²) in [5.41, 5.74) is 11.2. The van der Waals surface area contributed by atoms with Crippen molar-refractivity contribution in [3.8, 4) is 0 Å². The molecule has 1 rings (SSSR count). The first-order chi connectivity index (χ1) is 8.01. The summed E-state index contributed by atoms with van der Waals surface area (Å²) < 4.78 is 13.8. The Morgan fingerprint density at radius 1 is 1.39 bits per heavy atom. The lowest BCUT2D eigenvalue weighted by Gasteiger charge is -2.12. The van der Waals surface area contributed by atoms with Crippen molar-refractivity contribution in [3.05, 3.63) is 34.1 Å². The second-order valence-electron chi connectivity index (χ2n) is 3.80. The van der Waals surface area contributed by atoms with Gasteiger partial charge in [0.25, 0.3) is 0 Å². The second-order valence-corrected chi connectivity index (χ2v) is 4.71. The van der Waals surface area contributed by atoms with Crippen molar-refractivity contribution in [2.24, 2.45) is 22.4 Å². The molecule has 0 amide bonds. The van der Waals surface area contributed by atoms with Crippen molar-refractivity contribution in [2.75, 3.05) is 13.2 Å². The van der Waals surface area contributed by atoms with E-state index in [0.717, 1.165) is 5.56 Å². The molecule has 0 aliphatic carbocycles. The SMILES string of the molecule is Br.NC(N)=NCC(CO)Cc1cc(F)cc(Br)c1. The highest BCUT2D eigenvalue weighted by atomic mass is 79.9. The fraction of sp³-hybridized carbons (Fsp3) is 0.364. The molecule has 1 unspecified atom stereocenters. The van der Waals surface area contributed by atoms with Gasteiger partial charge in [-0.25, -0.2) is 4.39 Å². The van der Waals surface area contributed by atoms with E-state index in [1.807, 2.05) is 0 Å². The number of aliphatic hydroxyl groups excluding tert-OH is 1. The maximum Gasteiger partial charge on any atom is 0.185 e. The van der Waals surface area contributed by atoms with Crippen LogP contribution in [-0.2, 0) is 6.42 Å². The predicted octanol–water partition coefficient (Wildman–Crippen LogP) is 1.59. The summed E-state index contributed by atoms with van der Waals surface area (Å²) in [6.45, 7) is 0.276. The van der Waals surface area contributed by atoms with E-state index in [2.05, 4.69) is 20.9 Å². The molecule has 0 radical (unpaired) electrons. The summed E-state index contributed by atoms with van der Waals surface area (Å²) >= 11 is 3.22. The quantitative estimate of drug-likeness (QED) is 0.532. The lowest BCUT2D eigenvalue weighted by Crippen LogP contribution is -2.25. The number of aliphatic hydroxyl groups is 1. The topological polar surface area (TPSA) is 84.6 Å². The van der Waals surface area contributed by atoms with Crippen LogP contribution in [0.25, 0.3) is 0 Å². The molecular weight excluding hydrogens is 369 g/mol. The van der Waals surface area contributed by atoms with Gasteiger partial charge < -0.3 is 16.6 Å². The Morgan fingerprint density at radius 3 is 2.56 bits per heavy atom. The van der Waals surface area contributed by atoms with E-state index in [1.165, 1.54) is 12.1 Å². The van der Waals surface area contributed by atoms with Gasteiger partial charge in [-0.05, 0) is 30.2 Å². The Bertz CT molecular complexity index is 391. The van der Waals surface area contributed by atoms with Crippen molar-refractivity contribution in [3.63, 3.8) is 0 Å². The first-order valence-electron chi connectivity index (χ1n) is 5.12. The zero-order chi connectivity index (χ0) is 12.8. The van der Waals surface area contributed by atoms with Gasteiger partial charge in [-0.3, -0.25) is 4.99 Å². The molecule has 0 fully saturated rings. The number of rotatable bonds is 5. The van der Waals surface area contributed by atoms with Crippen LogP contribution in [-0.4, -0.2) is 24.2 Å². The van der Waals surface area contributed by atoms with E-state index in [4.69, 9.17) is 11.5 Å².